The number of carboxylic acid groups (broad SMARTS) is 1. The number of aliphatic carboxylic acids is 1. The van der Waals surface area contributed by atoms with Crippen molar-refractivity contribution in [3.8, 4) is 16.8 Å². The molecule has 1 aromatic heterocycles. The predicted octanol–water partition coefficient (Wildman–Crippen LogP) is 0.0887. The third kappa shape index (κ3) is 6.30. The first-order valence-electron chi connectivity index (χ1n) is 10.4. The van der Waals surface area contributed by atoms with Crippen molar-refractivity contribution >= 4 is 5.97 Å². The van der Waals surface area contributed by atoms with Gasteiger partial charge in [-0.2, -0.15) is 0 Å². The summed E-state index contributed by atoms with van der Waals surface area (Å²) in [6.07, 6.45) is -1.64. The van der Waals surface area contributed by atoms with Crippen LogP contribution in [0.3, 0.4) is 0 Å². The van der Waals surface area contributed by atoms with Crippen molar-refractivity contribution in [2.75, 3.05) is 0 Å². The molecule has 0 amide bonds. The van der Waals surface area contributed by atoms with Gasteiger partial charge in [0.15, 0.2) is 0 Å². The fourth-order valence-corrected chi connectivity index (χ4v) is 4.19. The summed E-state index contributed by atoms with van der Waals surface area (Å²) in [7, 11) is 0. The van der Waals surface area contributed by atoms with Crippen LogP contribution in [0.25, 0.3) is 16.8 Å². The van der Waals surface area contributed by atoms with Gasteiger partial charge < -0.3 is 24.7 Å². The van der Waals surface area contributed by atoms with Gasteiger partial charge in [0.2, 0.25) is 0 Å². The van der Waals surface area contributed by atoms with Crippen LogP contribution in [-0.2, 0) is 11.2 Å². The van der Waals surface area contributed by atoms with E-state index < -0.39 is 24.6 Å². The topological polar surface area (TPSA) is 85.5 Å². The number of nitrogens with zero attached hydrogens (tertiary/aromatic N) is 1. The molecule has 0 saturated carbocycles. The zero-order valence-corrected chi connectivity index (χ0v) is 20.7. The fourth-order valence-electron chi connectivity index (χ4n) is 4.19. The summed E-state index contributed by atoms with van der Waals surface area (Å²) in [6.45, 7) is 4.03. The second kappa shape index (κ2) is 11.8. The number of aliphatic hydroxyl groups is 2. The second-order valence-corrected chi connectivity index (χ2v) is 7.86. The third-order valence-corrected chi connectivity index (χ3v) is 5.59. The minimum Gasteiger partial charge on any atom is -0.550 e. The molecule has 0 radical (unpaired) electrons. The summed E-state index contributed by atoms with van der Waals surface area (Å²) in [5.41, 5.74) is 5.95. The SMILES string of the molecule is Cc1c(CC[C@H](O)C[C@H](O)CC(=O)[O-])c(-c2ccc(F)cc2)c(C)n1-c1ccccc1.[Na+]. The van der Waals surface area contributed by atoms with Crippen LogP contribution < -0.4 is 34.7 Å². The maximum atomic E-state index is 13.5. The molecule has 0 spiro atoms. The summed E-state index contributed by atoms with van der Waals surface area (Å²) in [5, 5.41) is 30.8. The first kappa shape index (κ1) is 26.3. The Balaban J connectivity index is 0.00000363. The molecule has 0 bridgehead atoms. The Hall–Kier alpha value is -1.96. The van der Waals surface area contributed by atoms with Crippen molar-refractivity contribution in [1.82, 2.24) is 4.57 Å². The number of hydrogen-bond acceptors (Lipinski definition) is 4. The van der Waals surface area contributed by atoms with E-state index in [2.05, 4.69) is 4.57 Å². The van der Waals surface area contributed by atoms with E-state index in [-0.39, 0.29) is 41.8 Å². The molecule has 5 nitrogen and oxygen atoms in total. The molecule has 0 saturated heterocycles. The fraction of sp³-hybridized carbons (Fsp3) is 0.320. The molecule has 2 N–H and O–H groups in total. The van der Waals surface area contributed by atoms with Crippen molar-refractivity contribution < 1.29 is 54.1 Å². The van der Waals surface area contributed by atoms with Gasteiger partial charge in [0.1, 0.15) is 5.82 Å². The molecule has 2 atom stereocenters. The number of hydrogen-bond donors (Lipinski definition) is 2. The van der Waals surface area contributed by atoms with E-state index in [0.717, 1.165) is 33.8 Å². The molecule has 7 heteroatoms. The summed E-state index contributed by atoms with van der Waals surface area (Å²) in [6, 6.07) is 16.3. The van der Waals surface area contributed by atoms with Gasteiger partial charge in [-0.3, -0.25) is 0 Å². The van der Waals surface area contributed by atoms with Crippen LogP contribution in [0.1, 0.15) is 36.2 Å². The van der Waals surface area contributed by atoms with Crippen molar-refractivity contribution in [2.45, 2.75) is 51.7 Å². The van der Waals surface area contributed by atoms with Crippen molar-refractivity contribution in [2.24, 2.45) is 0 Å². The summed E-state index contributed by atoms with van der Waals surface area (Å²) in [4.78, 5) is 10.6. The Kier molecular flexibility index (Phi) is 9.67. The standard InChI is InChI=1S/C25H28FNO4.Na/c1-16-23(13-12-21(28)14-22(29)15-24(30)31)25(18-8-10-19(26)11-9-18)17(2)27(16)20-6-4-3-5-7-20;/h3-11,21-22,28-29H,12-15H2,1-2H3,(H,30,31);/q;+1/p-1/t21-,22-;/m0./s1. The first-order valence-corrected chi connectivity index (χ1v) is 10.4. The number of para-hydroxylation sites is 1. The zero-order valence-electron chi connectivity index (χ0n) is 18.7. The number of carbonyl (C=O) groups excluding carboxylic acids is 1. The van der Waals surface area contributed by atoms with Crippen LogP contribution in [0, 0.1) is 19.7 Å². The Morgan fingerprint density at radius 1 is 1.00 bits per heavy atom. The summed E-state index contributed by atoms with van der Waals surface area (Å²) < 4.78 is 15.7. The maximum absolute atomic E-state index is 13.5. The van der Waals surface area contributed by atoms with E-state index in [1.165, 1.54) is 12.1 Å². The van der Waals surface area contributed by atoms with E-state index in [4.69, 9.17) is 0 Å². The number of aliphatic hydroxyl groups excluding tert-OH is 2. The van der Waals surface area contributed by atoms with E-state index in [0.29, 0.717) is 12.8 Å². The van der Waals surface area contributed by atoms with Crippen LogP contribution >= 0.6 is 0 Å². The van der Waals surface area contributed by atoms with Gasteiger partial charge in [-0.15, -0.1) is 0 Å². The number of halogens is 1. The smallest absolute Gasteiger partial charge is 0.550 e. The van der Waals surface area contributed by atoms with Gasteiger partial charge in [-0.05, 0) is 68.5 Å². The zero-order chi connectivity index (χ0) is 22.5. The molecular weight excluding hydrogens is 420 g/mol. The quantitative estimate of drug-likeness (QED) is 0.456. The molecule has 2 aromatic carbocycles. The van der Waals surface area contributed by atoms with Gasteiger partial charge in [0.25, 0.3) is 0 Å². The number of benzene rings is 2. The first-order chi connectivity index (χ1) is 14.8. The molecular formula is C25H27FNNaO4. The molecule has 0 fully saturated rings. The van der Waals surface area contributed by atoms with E-state index in [1.807, 2.05) is 44.2 Å². The molecule has 0 aliphatic heterocycles. The normalized spacial score (nSPS) is 12.8. The van der Waals surface area contributed by atoms with Crippen LogP contribution in [0.4, 0.5) is 4.39 Å². The number of carboxylic acids is 1. The third-order valence-electron chi connectivity index (χ3n) is 5.59. The van der Waals surface area contributed by atoms with Crippen molar-refractivity contribution in [1.29, 1.82) is 0 Å². The molecule has 0 aliphatic rings. The van der Waals surface area contributed by atoms with E-state index in [9.17, 15) is 24.5 Å². The molecule has 3 rings (SSSR count). The Morgan fingerprint density at radius 3 is 2.22 bits per heavy atom. The summed E-state index contributed by atoms with van der Waals surface area (Å²) >= 11 is 0. The van der Waals surface area contributed by atoms with Crippen LogP contribution in [0.5, 0.6) is 0 Å². The molecule has 32 heavy (non-hydrogen) atoms. The maximum Gasteiger partial charge on any atom is 1.00 e. The minimum atomic E-state index is -1.34. The van der Waals surface area contributed by atoms with Gasteiger partial charge in [-0.25, -0.2) is 4.39 Å². The van der Waals surface area contributed by atoms with Crippen LogP contribution in [0.2, 0.25) is 0 Å². The van der Waals surface area contributed by atoms with Crippen LogP contribution in [0.15, 0.2) is 54.6 Å². The summed E-state index contributed by atoms with van der Waals surface area (Å²) in [5.74, 6) is -1.65. The van der Waals surface area contributed by atoms with E-state index >= 15 is 0 Å². The number of rotatable bonds is 9. The molecule has 0 unspecified atom stereocenters. The van der Waals surface area contributed by atoms with Crippen molar-refractivity contribution in [3.63, 3.8) is 0 Å². The van der Waals surface area contributed by atoms with Gasteiger partial charge in [-0.1, -0.05) is 30.3 Å². The molecule has 1 heterocycles. The number of carbonyl (C=O) groups is 1. The van der Waals surface area contributed by atoms with E-state index in [1.54, 1.807) is 12.1 Å². The average Bonchev–Trinajstić information content (AvgIpc) is 2.96. The van der Waals surface area contributed by atoms with Gasteiger partial charge in [0, 0.05) is 35.0 Å². The van der Waals surface area contributed by atoms with Crippen LogP contribution in [-0.4, -0.2) is 33.0 Å². The van der Waals surface area contributed by atoms with Crippen molar-refractivity contribution in [3.05, 3.63) is 77.4 Å². The van der Waals surface area contributed by atoms with Gasteiger partial charge in [0.05, 0.1) is 12.2 Å². The second-order valence-electron chi connectivity index (χ2n) is 7.86. The Labute approximate surface area is 209 Å². The van der Waals surface area contributed by atoms with Gasteiger partial charge >= 0.3 is 29.6 Å². The largest absolute Gasteiger partial charge is 1.00 e. The monoisotopic (exact) mass is 447 g/mol. The number of aromatic nitrogens is 1. The molecule has 164 valence electrons. The minimum absolute atomic E-state index is 0. The molecule has 0 aliphatic carbocycles. The Morgan fingerprint density at radius 2 is 1.62 bits per heavy atom. The molecule has 3 aromatic rings. The Bertz CT molecular complexity index is 1030. The predicted molar refractivity (Wildman–Crippen MR) is 115 cm³/mol. The average molecular weight is 447 g/mol.